The zero-order valence-electron chi connectivity index (χ0n) is 11.1. The molecule has 1 saturated carbocycles. The normalized spacial score (nSPS) is 15.0. The first kappa shape index (κ1) is 14.4. The Kier molecular flexibility index (Phi) is 3.12. The Hall–Kier alpha value is -2.51. The van der Waals surface area contributed by atoms with E-state index in [1.807, 2.05) is 0 Å². The van der Waals surface area contributed by atoms with Crippen molar-refractivity contribution in [2.75, 3.05) is 0 Å². The molecular formula is C14H10F3NO4. The molecule has 0 aliphatic heterocycles. The van der Waals surface area contributed by atoms with Gasteiger partial charge in [0.1, 0.15) is 11.4 Å². The molecule has 3 rings (SSSR count). The fraction of sp³-hybridized carbons (Fsp3) is 0.286. The third kappa shape index (κ3) is 2.63. The van der Waals surface area contributed by atoms with Gasteiger partial charge in [-0.3, -0.25) is 4.79 Å². The lowest BCUT2D eigenvalue weighted by Gasteiger charge is -2.15. The SMILES string of the molecule is O=C(O)c1cc(=O)c2cc(OC(F)(F)F)ccc2n1C1CC1. The first-order chi connectivity index (χ1) is 10.3. The van der Waals surface area contributed by atoms with E-state index in [9.17, 15) is 27.9 Å². The standard InChI is InChI=1S/C14H10F3NO4/c15-14(16,17)22-8-3-4-10-9(5-8)12(19)6-11(13(20)21)18(10)7-1-2-7/h3-7H,1-2H2,(H,20,21). The highest BCUT2D eigenvalue weighted by Gasteiger charge is 2.32. The average Bonchev–Trinajstić information content (AvgIpc) is 3.21. The van der Waals surface area contributed by atoms with E-state index in [0.29, 0.717) is 5.52 Å². The Balaban J connectivity index is 2.22. The molecule has 1 N–H and O–H groups in total. The van der Waals surface area contributed by atoms with Gasteiger partial charge in [-0.2, -0.15) is 0 Å². The van der Waals surface area contributed by atoms with Gasteiger partial charge in [0.2, 0.25) is 0 Å². The predicted octanol–water partition coefficient (Wildman–Crippen LogP) is 2.93. The summed E-state index contributed by atoms with van der Waals surface area (Å²) in [4.78, 5) is 23.3. The molecule has 1 heterocycles. The van der Waals surface area contributed by atoms with Crippen LogP contribution in [0.25, 0.3) is 10.9 Å². The Morgan fingerprint density at radius 3 is 2.50 bits per heavy atom. The molecule has 0 amide bonds. The molecule has 8 heteroatoms. The quantitative estimate of drug-likeness (QED) is 0.946. The number of hydrogen-bond acceptors (Lipinski definition) is 3. The molecule has 116 valence electrons. The number of aromatic nitrogens is 1. The molecule has 1 aliphatic carbocycles. The van der Waals surface area contributed by atoms with Crippen LogP contribution in [-0.2, 0) is 0 Å². The van der Waals surface area contributed by atoms with E-state index in [-0.39, 0.29) is 17.1 Å². The van der Waals surface area contributed by atoms with E-state index in [4.69, 9.17) is 0 Å². The van der Waals surface area contributed by atoms with Crippen molar-refractivity contribution in [3.8, 4) is 5.75 Å². The predicted molar refractivity (Wildman–Crippen MR) is 70.1 cm³/mol. The molecule has 0 saturated heterocycles. The number of halogens is 3. The number of aromatic carboxylic acids is 1. The van der Waals surface area contributed by atoms with Crippen molar-refractivity contribution >= 4 is 16.9 Å². The smallest absolute Gasteiger partial charge is 0.477 e. The number of pyridine rings is 1. The minimum Gasteiger partial charge on any atom is -0.477 e. The summed E-state index contributed by atoms with van der Waals surface area (Å²) in [5, 5.41) is 9.20. The monoisotopic (exact) mass is 313 g/mol. The van der Waals surface area contributed by atoms with Gasteiger partial charge in [0.15, 0.2) is 5.43 Å². The lowest BCUT2D eigenvalue weighted by atomic mass is 10.1. The lowest BCUT2D eigenvalue weighted by molar-refractivity contribution is -0.274. The number of benzene rings is 1. The fourth-order valence-corrected chi connectivity index (χ4v) is 2.41. The third-order valence-electron chi connectivity index (χ3n) is 3.39. The number of alkyl halides is 3. The Morgan fingerprint density at radius 2 is 1.95 bits per heavy atom. The minimum atomic E-state index is -4.86. The van der Waals surface area contributed by atoms with Gasteiger partial charge >= 0.3 is 12.3 Å². The molecule has 0 atom stereocenters. The van der Waals surface area contributed by atoms with Crippen molar-refractivity contribution in [1.29, 1.82) is 0 Å². The van der Waals surface area contributed by atoms with Crippen LogP contribution in [0.2, 0.25) is 0 Å². The molecule has 1 fully saturated rings. The second-order valence-electron chi connectivity index (χ2n) is 5.03. The van der Waals surface area contributed by atoms with E-state index in [2.05, 4.69) is 4.74 Å². The van der Waals surface area contributed by atoms with Crippen LogP contribution in [0.4, 0.5) is 13.2 Å². The van der Waals surface area contributed by atoms with Crippen molar-refractivity contribution in [2.24, 2.45) is 0 Å². The molecule has 1 aliphatic rings. The molecule has 1 aromatic carbocycles. The van der Waals surface area contributed by atoms with Gasteiger partial charge < -0.3 is 14.4 Å². The van der Waals surface area contributed by atoms with Crippen LogP contribution >= 0.6 is 0 Å². The van der Waals surface area contributed by atoms with Crippen LogP contribution in [-0.4, -0.2) is 22.0 Å². The van der Waals surface area contributed by atoms with Crippen molar-refractivity contribution in [1.82, 2.24) is 4.57 Å². The Morgan fingerprint density at radius 1 is 1.27 bits per heavy atom. The Bertz CT molecular complexity index is 821. The molecule has 1 aromatic heterocycles. The third-order valence-corrected chi connectivity index (χ3v) is 3.39. The number of carboxylic acid groups (broad SMARTS) is 1. The van der Waals surface area contributed by atoms with Crippen molar-refractivity contribution in [2.45, 2.75) is 25.2 Å². The summed E-state index contributed by atoms with van der Waals surface area (Å²) in [7, 11) is 0. The highest BCUT2D eigenvalue weighted by atomic mass is 19.4. The molecule has 0 spiro atoms. The average molecular weight is 313 g/mol. The van der Waals surface area contributed by atoms with Crippen LogP contribution in [0.15, 0.2) is 29.1 Å². The van der Waals surface area contributed by atoms with E-state index in [1.165, 1.54) is 10.6 Å². The first-order valence-corrected chi connectivity index (χ1v) is 6.44. The second kappa shape index (κ2) is 4.75. The summed E-state index contributed by atoms with van der Waals surface area (Å²) in [6.07, 6.45) is -3.33. The lowest BCUT2D eigenvalue weighted by Crippen LogP contribution is -2.19. The van der Waals surface area contributed by atoms with Gasteiger partial charge in [0.25, 0.3) is 0 Å². The molecule has 0 bridgehead atoms. The second-order valence-corrected chi connectivity index (χ2v) is 5.03. The van der Waals surface area contributed by atoms with Gasteiger partial charge in [0.05, 0.1) is 5.52 Å². The number of fused-ring (bicyclic) bond motifs is 1. The van der Waals surface area contributed by atoms with Crippen molar-refractivity contribution < 1.29 is 27.8 Å². The van der Waals surface area contributed by atoms with Gasteiger partial charge in [-0.05, 0) is 31.0 Å². The first-order valence-electron chi connectivity index (χ1n) is 6.44. The highest BCUT2D eigenvalue weighted by Crippen LogP contribution is 2.38. The molecule has 0 unspecified atom stereocenters. The van der Waals surface area contributed by atoms with Crippen molar-refractivity contribution in [3.63, 3.8) is 0 Å². The van der Waals surface area contributed by atoms with Gasteiger partial charge in [-0.25, -0.2) is 4.79 Å². The maximum Gasteiger partial charge on any atom is 0.573 e. The molecule has 0 radical (unpaired) electrons. The molecule has 2 aromatic rings. The number of rotatable bonds is 3. The number of carbonyl (C=O) groups is 1. The van der Waals surface area contributed by atoms with Crippen LogP contribution in [0.5, 0.6) is 5.75 Å². The summed E-state index contributed by atoms with van der Waals surface area (Å²) in [5.74, 6) is -1.76. The van der Waals surface area contributed by atoms with Crippen LogP contribution in [0.3, 0.4) is 0 Å². The minimum absolute atomic E-state index is 0.00125. The largest absolute Gasteiger partial charge is 0.573 e. The van der Waals surface area contributed by atoms with Crippen LogP contribution in [0.1, 0.15) is 29.4 Å². The molecule has 22 heavy (non-hydrogen) atoms. The maximum absolute atomic E-state index is 12.2. The Labute approximate surface area is 121 Å². The fourth-order valence-electron chi connectivity index (χ4n) is 2.41. The van der Waals surface area contributed by atoms with E-state index in [1.54, 1.807) is 0 Å². The summed E-state index contributed by atoms with van der Waals surface area (Å²) < 4.78 is 42.0. The zero-order chi connectivity index (χ0) is 16.1. The summed E-state index contributed by atoms with van der Waals surface area (Å²) in [6.45, 7) is 0. The van der Waals surface area contributed by atoms with Gasteiger partial charge in [-0.1, -0.05) is 0 Å². The molecular weight excluding hydrogens is 303 g/mol. The number of hydrogen-bond donors (Lipinski definition) is 1. The number of ether oxygens (including phenoxy) is 1. The van der Waals surface area contributed by atoms with E-state index < -0.39 is 23.5 Å². The topological polar surface area (TPSA) is 68.5 Å². The highest BCUT2D eigenvalue weighted by molar-refractivity contribution is 5.91. The van der Waals surface area contributed by atoms with Gasteiger partial charge in [0, 0.05) is 17.5 Å². The van der Waals surface area contributed by atoms with Crippen LogP contribution < -0.4 is 10.2 Å². The number of nitrogens with zero attached hydrogens (tertiary/aromatic N) is 1. The summed E-state index contributed by atoms with van der Waals surface area (Å²) in [5.41, 5.74) is -0.525. The zero-order valence-corrected chi connectivity index (χ0v) is 11.1. The van der Waals surface area contributed by atoms with Gasteiger partial charge in [-0.15, -0.1) is 13.2 Å². The van der Waals surface area contributed by atoms with Crippen molar-refractivity contribution in [3.05, 3.63) is 40.2 Å². The van der Waals surface area contributed by atoms with E-state index in [0.717, 1.165) is 31.0 Å². The summed E-state index contributed by atoms with van der Waals surface area (Å²) in [6, 6.07) is 4.21. The molecule has 5 nitrogen and oxygen atoms in total. The van der Waals surface area contributed by atoms with E-state index >= 15 is 0 Å². The van der Waals surface area contributed by atoms with Crippen LogP contribution in [0, 0.1) is 0 Å². The maximum atomic E-state index is 12.2. The summed E-state index contributed by atoms with van der Waals surface area (Å²) >= 11 is 0. The number of carboxylic acids is 1.